The fourth-order valence-corrected chi connectivity index (χ4v) is 2.42. The number of carbonyl (C=O) groups is 1. The molecule has 0 bridgehead atoms. The molecule has 1 aliphatic rings. The molecular formula is C15H27N3O2. The van der Waals surface area contributed by atoms with Crippen molar-refractivity contribution in [3.63, 3.8) is 0 Å². The average Bonchev–Trinajstić information content (AvgIpc) is 2.48. The van der Waals surface area contributed by atoms with E-state index in [9.17, 15) is 4.79 Å². The second kappa shape index (κ2) is 9.73. The predicted octanol–water partition coefficient (Wildman–Crippen LogP) is 1.64. The van der Waals surface area contributed by atoms with E-state index in [4.69, 9.17) is 10.00 Å². The van der Waals surface area contributed by atoms with Crippen molar-refractivity contribution in [3.8, 4) is 6.07 Å². The highest BCUT2D eigenvalue weighted by atomic mass is 16.5. The first-order valence-corrected chi connectivity index (χ1v) is 7.62. The standard InChI is InChI=1S/C15H27N3O2/c1-3-12-20-14-6-4-10-18(13-14)11-7-15(19)17(2)9-5-8-16/h14H,3-7,9-13H2,1-2H3. The Kier molecular flexibility index (Phi) is 8.24. The molecule has 0 aromatic heterocycles. The summed E-state index contributed by atoms with van der Waals surface area (Å²) in [6, 6.07) is 2.06. The zero-order valence-corrected chi connectivity index (χ0v) is 12.8. The maximum absolute atomic E-state index is 11.9. The summed E-state index contributed by atoms with van der Waals surface area (Å²) in [5.74, 6) is 0.122. The number of nitriles is 1. The molecule has 5 heteroatoms. The smallest absolute Gasteiger partial charge is 0.223 e. The van der Waals surface area contributed by atoms with Gasteiger partial charge in [0.1, 0.15) is 0 Å². The highest BCUT2D eigenvalue weighted by Gasteiger charge is 2.21. The van der Waals surface area contributed by atoms with Crippen molar-refractivity contribution < 1.29 is 9.53 Å². The van der Waals surface area contributed by atoms with Gasteiger partial charge in [-0.15, -0.1) is 0 Å². The SMILES string of the molecule is CCCOC1CCCN(CCC(=O)N(C)CCC#N)C1. The molecule has 5 nitrogen and oxygen atoms in total. The number of hydrogen-bond donors (Lipinski definition) is 0. The fraction of sp³-hybridized carbons (Fsp3) is 0.867. The lowest BCUT2D eigenvalue weighted by Gasteiger charge is -2.32. The summed E-state index contributed by atoms with van der Waals surface area (Å²) in [4.78, 5) is 15.9. The molecule has 0 aromatic rings. The Morgan fingerprint density at radius 3 is 3.05 bits per heavy atom. The number of likely N-dealkylation sites (tertiary alicyclic amines) is 1. The third-order valence-corrected chi connectivity index (χ3v) is 3.65. The van der Waals surface area contributed by atoms with Crippen LogP contribution in [0.5, 0.6) is 0 Å². The summed E-state index contributed by atoms with van der Waals surface area (Å²) in [5.41, 5.74) is 0. The molecule has 20 heavy (non-hydrogen) atoms. The summed E-state index contributed by atoms with van der Waals surface area (Å²) in [5, 5.41) is 8.52. The molecule has 1 unspecified atom stereocenters. The molecule has 1 aliphatic heterocycles. The van der Waals surface area contributed by atoms with Crippen LogP contribution in [0.4, 0.5) is 0 Å². The third-order valence-electron chi connectivity index (χ3n) is 3.65. The van der Waals surface area contributed by atoms with Gasteiger partial charge in [-0.2, -0.15) is 5.26 Å². The van der Waals surface area contributed by atoms with Gasteiger partial charge in [-0.25, -0.2) is 0 Å². The average molecular weight is 281 g/mol. The minimum atomic E-state index is 0.122. The molecule has 1 rings (SSSR count). The van der Waals surface area contributed by atoms with E-state index in [0.29, 0.717) is 25.5 Å². The van der Waals surface area contributed by atoms with Gasteiger partial charge in [0.2, 0.25) is 5.91 Å². The number of nitrogens with zero attached hydrogens (tertiary/aromatic N) is 3. The molecule has 1 atom stereocenters. The highest BCUT2D eigenvalue weighted by Crippen LogP contribution is 2.14. The Hall–Kier alpha value is -1.12. The summed E-state index contributed by atoms with van der Waals surface area (Å²) in [6.07, 6.45) is 4.59. The van der Waals surface area contributed by atoms with E-state index >= 15 is 0 Å². The molecule has 1 saturated heterocycles. The summed E-state index contributed by atoms with van der Waals surface area (Å²) >= 11 is 0. The fourth-order valence-electron chi connectivity index (χ4n) is 2.42. The maximum atomic E-state index is 11.9. The largest absolute Gasteiger partial charge is 0.377 e. The van der Waals surface area contributed by atoms with Crippen LogP contribution in [-0.4, -0.2) is 61.6 Å². The summed E-state index contributed by atoms with van der Waals surface area (Å²) < 4.78 is 5.80. The van der Waals surface area contributed by atoms with Gasteiger partial charge in [0.05, 0.1) is 18.6 Å². The molecule has 0 aromatic carbocycles. The lowest BCUT2D eigenvalue weighted by atomic mass is 10.1. The molecule has 1 amide bonds. The van der Waals surface area contributed by atoms with Gasteiger partial charge in [-0.05, 0) is 25.8 Å². The van der Waals surface area contributed by atoms with Crippen molar-refractivity contribution >= 4 is 5.91 Å². The number of hydrogen-bond acceptors (Lipinski definition) is 4. The van der Waals surface area contributed by atoms with Gasteiger partial charge in [-0.3, -0.25) is 4.79 Å². The lowest BCUT2D eigenvalue weighted by molar-refractivity contribution is -0.130. The molecule has 0 saturated carbocycles. The Labute approximate surface area is 122 Å². The van der Waals surface area contributed by atoms with E-state index in [1.165, 1.54) is 0 Å². The van der Waals surface area contributed by atoms with E-state index < -0.39 is 0 Å². The maximum Gasteiger partial charge on any atom is 0.223 e. The van der Waals surface area contributed by atoms with Gasteiger partial charge < -0.3 is 14.5 Å². The monoisotopic (exact) mass is 281 g/mol. The predicted molar refractivity (Wildman–Crippen MR) is 78.2 cm³/mol. The number of amides is 1. The van der Waals surface area contributed by atoms with Crippen LogP contribution in [0.2, 0.25) is 0 Å². The van der Waals surface area contributed by atoms with Crippen molar-refractivity contribution in [2.24, 2.45) is 0 Å². The molecule has 0 aliphatic carbocycles. The van der Waals surface area contributed by atoms with Crippen LogP contribution in [0.3, 0.4) is 0 Å². The first-order chi connectivity index (χ1) is 9.67. The quantitative estimate of drug-likeness (QED) is 0.678. The van der Waals surface area contributed by atoms with Gasteiger partial charge in [0, 0.05) is 39.7 Å². The Bertz CT molecular complexity index is 328. The number of rotatable bonds is 8. The van der Waals surface area contributed by atoms with Crippen molar-refractivity contribution in [2.45, 2.75) is 45.1 Å². The van der Waals surface area contributed by atoms with Gasteiger partial charge >= 0.3 is 0 Å². The van der Waals surface area contributed by atoms with Crippen LogP contribution in [-0.2, 0) is 9.53 Å². The van der Waals surface area contributed by atoms with Gasteiger partial charge in [0.15, 0.2) is 0 Å². The minimum absolute atomic E-state index is 0.122. The first-order valence-electron chi connectivity index (χ1n) is 7.62. The van der Waals surface area contributed by atoms with Crippen LogP contribution in [0.25, 0.3) is 0 Å². The van der Waals surface area contributed by atoms with Crippen molar-refractivity contribution in [1.82, 2.24) is 9.80 Å². The van der Waals surface area contributed by atoms with Crippen molar-refractivity contribution in [3.05, 3.63) is 0 Å². The molecule has 1 fully saturated rings. The van der Waals surface area contributed by atoms with Crippen molar-refractivity contribution in [2.75, 3.05) is 39.8 Å². The number of piperidine rings is 1. The Morgan fingerprint density at radius 2 is 2.35 bits per heavy atom. The molecule has 0 N–H and O–H groups in total. The van der Waals surface area contributed by atoms with Crippen LogP contribution in [0.15, 0.2) is 0 Å². The molecule has 1 heterocycles. The van der Waals surface area contributed by atoms with Crippen LogP contribution < -0.4 is 0 Å². The highest BCUT2D eigenvalue weighted by molar-refractivity contribution is 5.76. The van der Waals surface area contributed by atoms with Crippen molar-refractivity contribution in [1.29, 1.82) is 5.26 Å². The van der Waals surface area contributed by atoms with E-state index in [2.05, 4.69) is 17.9 Å². The van der Waals surface area contributed by atoms with E-state index in [0.717, 1.165) is 45.5 Å². The normalized spacial score (nSPS) is 19.6. The topological polar surface area (TPSA) is 56.6 Å². The van der Waals surface area contributed by atoms with Crippen LogP contribution in [0, 0.1) is 11.3 Å². The van der Waals surface area contributed by atoms with Gasteiger partial charge in [-0.1, -0.05) is 6.92 Å². The molecule has 0 spiro atoms. The summed E-state index contributed by atoms with van der Waals surface area (Å²) in [6.45, 7) is 6.26. The number of carbonyl (C=O) groups excluding carboxylic acids is 1. The summed E-state index contributed by atoms with van der Waals surface area (Å²) in [7, 11) is 1.77. The Morgan fingerprint density at radius 1 is 1.55 bits per heavy atom. The van der Waals surface area contributed by atoms with E-state index in [1.54, 1.807) is 11.9 Å². The number of ether oxygens (including phenoxy) is 1. The molecule has 0 radical (unpaired) electrons. The second-order valence-electron chi connectivity index (χ2n) is 5.41. The zero-order chi connectivity index (χ0) is 14.8. The molecule has 114 valence electrons. The third kappa shape index (κ3) is 6.36. The first kappa shape index (κ1) is 16.9. The minimum Gasteiger partial charge on any atom is -0.377 e. The second-order valence-corrected chi connectivity index (χ2v) is 5.41. The van der Waals surface area contributed by atoms with Gasteiger partial charge in [0.25, 0.3) is 0 Å². The van der Waals surface area contributed by atoms with E-state index in [-0.39, 0.29) is 5.91 Å². The van der Waals surface area contributed by atoms with Crippen LogP contribution >= 0.6 is 0 Å². The lowest BCUT2D eigenvalue weighted by Crippen LogP contribution is -2.41. The van der Waals surface area contributed by atoms with E-state index in [1.807, 2.05) is 0 Å². The Balaban J connectivity index is 2.23. The zero-order valence-electron chi connectivity index (χ0n) is 12.8. The molecular weight excluding hydrogens is 254 g/mol. The van der Waals surface area contributed by atoms with Crippen LogP contribution in [0.1, 0.15) is 39.0 Å².